The van der Waals surface area contributed by atoms with Gasteiger partial charge >= 0.3 is 0 Å². The molecule has 2 aromatic rings. The number of hydrogen-bond donors (Lipinski definition) is 1. The van der Waals surface area contributed by atoms with E-state index in [1.54, 1.807) is 42.5 Å². The molecule has 1 aliphatic carbocycles. The fourth-order valence-corrected chi connectivity index (χ4v) is 3.50. The third-order valence-electron chi connectivity index (χ3n) is 4.91. The van der Waals surface area contributed by atoms with Crippen molar-refractivity contribution in [1.82, 2.24) is 4.90 Å². The minimum absolute atomic E-state index is 0.120. The number of benzene rings is 2. The first kappa shape index (κ1) is 17.9. The standard InChI is InChI=1S/C21H21NO5/c23-14(12-22-7-9-26-10-8-22)13-27-15-5-6-18-19(11-15)21(25)17-4-2-1-3-16(17)20(18)24/h1-6,11,14,23H,7-10,12-13H2. The van der Waals surface area contributed by atoms with Crippen LogP contribution in [0.4, 0.5) is 0 Å². The highest BCUT2D eigenvalue weighted by Gasteiger charge is 2.29. The lowest BCUT2D eigenvalue weighted by atomic mass is 9.84. The van der Waals surface area contributed by atoms with Crippen LogP contribution in [0, 0.1) is 0 Å². The van der Waals surface area contributed by atoms with Crippen molar-refractivity contribution in [1.29, 1.82) is 0 Å². The van der Waals surface area contributed by atoms with E-state index < -0.39 is 6.10 Å². The summed E-state index contributed by atoms with van der Waals surface area (Å²) in [5.41, 5.74) is 1.59. The first-order valence-corrected chi connectivity index (χ1v) is 9.07. The zero-order chi connectivity index (χ0) is 18.8. The molecule has 1 N–H and O–H groups in total. The van der Waals surface area contributed by atoms with E-state index in [1.165, 1.54) is 0 Å². The quantitative estimate of drug-likeness (QED) is 0.737. The lowest BCUT2D eigenvalue weighted by Crippen LogP contribution is -2.42. The Kier molecular flexibility index (Phi) is 5.03. The van der Waals surface area contributed by atoms with E-state index in [1.807, 2.05) is 0 Å². The molecular weight excluding hydrogens is 346 g/mol. The van der Waals surface area contributed by atoms with Crippen molar-refractivity contribution in [3.8, 4) is 5.75 Å². The average Bonchev–Trinajstić information content (AvgIpc) is 2.71. The Bertz CT molecular complexity index is 873. The summed E-state index contributed by atoms with van der Waals surface area (Å²) >= 11 is 0. The SMILES string of the molecule is O=C1c2ccccc2C(=O)c2cc(OCC(O)CN3CCOCC3)ccc21. The number of aliphatic hydroxyl groups excluding tert-OH is 1. The van der Waals surface area contributed by atoms with Gasteiger partial charge in [-0.1, -0.05) is 24.3 Å². The van der Waals surface area contributed by atoms with Gasteiger partial charge in [0.1, 0.15) is 18.5 Å². The Balaban J connectivity index is 1.45. The molecule has 0 spiro atoms. The molecule has 140 valence electrons. The highest BCUT2D eigenvalue weighted by atomic mass is 16.5. The van der Waals surface area contributed by atoms with E-state index >= 15 is 0 Å². The summed E-state index contributed by atoms with van der Waals surface area (Å²) in [5, 5.41) is 10.2. The van der Waals surface area contributed by atoms with Crippen molar-refractivity contribution >= 4 is 11.6 Å². The summed E-state index contributed by atoms with van der Waals surface area (Å²) in [6.07, 6.45) is -0.641. The zero-order valence-corrected chi connectivity index (χ0v) is 14.9. The highest BCUT2D eigenvalue weighted by Crippen LogP contribution is 2.29. The van der Waals surface area contributed by atoms with Gasteiger partial charge in [-0.2, -0.15) is 0 Å². The predicted octanol–water partition coefficient (Wildman–Crippen LogP) is 1.53. The molecule has 0 bridgehead atoms. The summed E-state index contributed by atoms with van der Waals surface area (Å²) in [5.74, 6) is 0.133. The maximum atomic E-state index is 12.7. The molecular formula is C21H21NO5. The average molecular weight is 367 g/mol. The summed E-state index contributed by atoms with van der Waals surface area (Å²) in [6, 6.07) is 11.7. The second kappa shape index (κ2) is 7.60. The van der Waals surface area contributed by atoms with E-state index in [0.717, 1.165) is 13.1 Å². The van der Waals surface area contributed by atoms with Crippen molar-refractivity contribution in [2.75, 3.05) is 39.5 Å². The van der Waals surface area contributed by atoms with Gasteiger partial charge in [0, 0.05) is 41.9 Å². The normalized spacial score (nSPS) is 18.0. The van der Waals surface area contributed by atoms with Crippen LogP contribution < -0.4 is 4.74 Å². The maximum absolute atomic E-state index is 12.7. The molecule has 0 aromatic heterocycles. The number of carbonyl (C=O) groups excluding carboxylic acids is 2. The lowest BCUT2D eigenvalue weighted by molar-refractivity contribution is 0.00465. The van der Waals surface area contributed by atoms with Crippen molar-refractivity contribution in [3.05, 3.63) is 64.7 Å². The first-order chi connectivity index (χ1) is 13.1. The van der Waals surface area contributed by atoms with Crippen LogP contribution in [0.1, 0.15) is 31.8 Å². The molecule has 1 saturated heterocycles. The topological polar surface area (TPSA) is 76.1 Å². The second-order valence-corrected chi connectivity index (χ2v) is 6.79. The van der Waals surface area contributed by atoms with Crippen LogP contribution >= 0.6 is 0 Å². The number of morpholine rings is 1. The van der Waals surface area contributed by atoms with Crippen LogP contribution in [0.25, 0.3) is 0 Å². The summed E-state index contributed by atoms with van der Waals surface area (Å²) < 4.78 is 11.0. The van der Waals surface area contributed by atoms with E-state index in [4.69, 9.17) is 9.47 Å². The van der Waals surface area contributed by atoms with Gasteiger partial charge in [0.15, 0.2) is 11.6 Å². The number of ketones is 2. The van der Waals surface area contributed by atoms with E-state index in [0.29, 0.717) is 47.8 Å². The first-order valence-electron chi connectivity index (χ1n) is 9.07. The molecule has 0 saturated carbocycles. The molecule has 6 heteroatoms. The largest absolute Gasteiger partial charge is 0.491 e. The number of aliphatic hydroxyl groups is 1. The van der Waals surface area contributed by atoms with Crippen LogP contribution in [0.3, 0.4) is 0 Å². The number of fused-ring (bicyclic) bond motifs is 2. The Morgan fingerprint density at radius 3 is 2.30 bits per heavy atom. The van der Waals surface area contributed by atoms with E-state index in [2.05, 4.69) is 4.90 Å². The minimum atomic E-state index is -0.641. The Morgan fingerprint density at radius 1 is 0.963 bits per heavy atom. The van der Waals surface area contributed by atoms with Gasteiger partial charge in [0.2, 0.25) is 0 Å². The van der Waals surface area contributed by atoms with Crippen molar-refractivity contribution in [3.63, 3.8) is 0 Å². The van der Waals surface area contributed by atoms with Crippen LogP contribution in [0.5, 0.6) is 5.75 Å². The fourth-order valence-electron chi connectivity index (χ4n) is 3.50. The number of carbonyl (C=O) groups is 2. The molecule has 27 heavy (non-hydrogen) atoms. The van der Waals surface area contributed by atoms with E-state index in [9.17, 15) is 14.7 Å². The summed E-state index contributed by atoms with van der Waals surface area (Å²) in [4.78, 5) is 27.5. The number of β-amino-alcohol motifs (C(OH)–C–C–N with tert-alkyl or cyclic N) is 1. The molecule has 2 aromatic carbocycles. The van der Waals surface area contributed by atoms with Gasteiger partial charge in [0.05, 0.1) is 13.2 Å². The Hall–Kier alpha value is -2.54. The van der Waals surface area contributed by atoms with Crippen LogP contribution in [-0.2, 0) is 4.74 Å². The Labute approximate surface area is 157 Å². The third-order valence-corrected chi connectivity index (χ3v) is 4.91. The summed E-state index contributed by atoms with van der Waals surface area (Å²) in [7, 11) is 0. The van der Waals surface area contributed by atoms with Gasteiger partial charge in [-0.05, 0) is 18.2 Å². The molecule has 1 aliphatic heterocycles. The number of hydrogen-bond acceptors (Lipinski definition) is 6. The molecule has 0 radical (unpaired) electrons. The predicted molar refractivity (Wildman–Crippen MR) is 98.5 cm³/mol. The Morgan fingerprint density at radius 2 is 1.59 bits per heavy atom. The molecule has 1 unspecified atom stereocenters. The van der Waals surface area contributed by atoms with Crippen molar-refractivity contribution < 1.29 is 24.2 Å². The molecule has 1 atom stereocenters. The third kappa shape index (κ3) is 3.64. The minimum Gasteiger partial charge on any atom is -0.491 e. The number of nitrogens with zero attached hydrogens (tertiary/aromatic N) is 1. The van der Waals surface area contributed by atoms with Gasteiger partial charge < -0.3 is 14.6 Å². The number of rotatable bonds is 5. The van der Waals surface area contributed by atoms with Gasteiger partial charge in [-0.15, -0.1) is 0 Å². The maximum Gasteiger partial charge on any atom is 0.194 e. The van der Waals surface area contributed by atoms with E-state index in [-0.39, 0.29) is 18.2 Å². The highest BCUT2D eigenvalue weighted by molar-refractivity contribution is 6.28. The lowest BCUT2D eigenvalue weighted by Gasteiger charge is -2.28. The van der Waals surface area contributed by atoms with Crippen LogP contribution in [0.15, 0.2) is 42.5 Å². The second-order valence-electron chi connectivity index (χ2n) is 6.79. The van der Waals surface area contributed by atoms with Gasteiger partial charge in [-0.25, -0.2) is 0 Å². The van der Waals surface area contributed by atoms with Gasteiger partial charge in [0.25, 0.3) is 0 Å². The molecule has 6 nitrogen and oxygen atoms in total. The fraction of sp³-hybridized carbons (Fsp3) is 0.333. The van der Waals surface area contributed by atoms with Crippen molar-refractivity contribution in [2.24, 2.45) is 0 Å². The zero-order valence-electron chi connectivity index (χ0n) is 14.9. The molecule has 4 rings (SSSR count). The smallest absolute Gasteiger partial charge is 0.194 e. The van der Waals surface area contributed by atoms with Crippen molar-refractivity contribution in [2.45, 2.75) is 6.10 Å². The monoisotopic (exact) mass is 367 g/mol. The van der Waals surface area contributed by atoms with Gasteiger partial charge in [-0.3, -0.25) is 14.5 Å². The van der Waals surface area contributed by atoms with Crippen LogP contribution in [0.2, 0.25) is 0 Å². The molecule has 2 aliphatic rings. The number of ether oxygens (including phenoxy) is 2. The van der Waals surface area contributed by atoms with Crippen LogP contribution in [-0.4, -0.2) is 67.1 Å². The molecule has 0 amide bonds. The summed E-state index contributed by atoms with van der Waals surface area (Å²) in [6.45, 7) is 3.58. The molecule has 1 fully saturated rings. The molecule has 1 heterocycles.